The van der Waals surface area contributed by atoms with E-state index in [4.69, 9.17) is 10.5 Å². The molecule has 1 rings (SSSR count). The van der Waals surface area contributed by atoms with E-state index in [2.05, 4.69) is 6.58 Å². The maximum absolute atomic E-state index is 11.5. The van der Waals surface area contributed by atoms with Crippen LogP contribution in [0.4, 0.5) is 0 Å². The van der Waals surface area contributed by atoms with Crippen molar-refractivity contribution in [3.8, 4) is 5.75 Å². The van der Waals surface area contributed by atoms with E-state index in [1.165, 1.54) is 0 Å². The van der Waals surface area contributed by atoms with E-state index in [0.717, 1.165) is 11.3 Å². The van der Waals surface area contributed by atoms with Crippen LogP contribution in [0.5, 0.6) is 5.75 Å². The van der Waals surface area contributed by atoms with Gasteiger partial charge in [0.15, 0.2) is 5.78 Å². The summed E-state index contributed by atoms with van der Waals surface area (Å²) in [6.07, 6.45) is 0. The predicted octanol–water partition coefficient (Wildman–Crippen LogP) is 2.17. The fourth-order valence-corrected chi connectivity index (χ4v) is 1.18. The molecule has 0 radical (unpaired) electrons. The molecule has 16 heavy (non-hydrogen) atoms. The topological polar surface area (TPSA) is 52.3 Å². The van der Waals surface area contributed by atoms with Gasteiger partial charge >= 0.3 is 0 Å². The molecule has 0 saturated heterocycles. The van der Waals surface area contributed by atoms with Crippen molar-refractivity contribution in [3.63, 3.8) is 0 Å². The number of Topliss-reactive ketones (excluding diaryl/α,β-unsaturated/α-hetero) is 1. The standard InChI is InChI=1S/C13H17NO2/c1-9(2)8-16-12-6-4-11(5-7-12)13(15)10(3)14/h4-7,10H,1,8,14H2,2-3H3. The lowest BCUT2D eigenvalue weighted by atomic mass is 10.1. The van der Waals surface area contributed by atoms with Gasteiger partial charge in [-0.15, -0.1) is 0 Å². The molecule has 0 saturated carbocycles. The maximum Gasteiger partial charge on any atom is 0.179 e. The van der Waals surface area contributed by atoms with Crippen molar-refractivity contribution in [2.24, 2.45) is 5.73 Å². The molecule has 0 aromatic heterocycles. The number of hydrogen-bond donors (Lipinski definition) is 1. The van der Waals surface area contributed by atoms with E-state index in [0.29, 0.717) is 12.2 Å². The summed E-state index contributed by atoms with van der Waals surface area (Å²) in [7, 11) is 0. The molecule has 1 atom stereocenters. The Morgan fingerprint density at radius 1 is 1.44 bits per heavy atom. The first-order chi connectivity index (χ1) is 7.50. The molecule has 1 aromatic carbocycles. The third kappa shape index (κ3) is 3.51. The summed E-state index contributed by atoms with van der Waals surface area (Å²) in [5, 5.41) is 0. The fraction of sp³-hybridized carbons (Fsp3) is 0.308. The highest BCUT2D eigenvalue weighted by molar-refractivity contribution is 5.99. The largest absolute Gasteiger partial charge is 0.489 e. The van der Waals surface area contributed by atoms with Gasteiger partial charge < -0.3 is 10.5 Å². The molecule has 0 spiro atoms. The summed E-state index contributed by atoms with van der Waals surface area (Å²) in [6.45, 7) is 7.80. The first kappa shape index (κ1) is 12.5. The fourth-order valence-electron chi connectivity index (χ4n) is 1.18. The van der Waals surface area contributed by atoms with Gasteiger partial charge in [-0.1, -0.05) is 6.58 Å². The Bertz CT molecular complexity index is 379. The Morgan fingerprint density at radius 3 is 2.44 bits per heavy atom. The molecule has 0 heterocycles. The number of ether oxygens (including phenoxy) is 1. The van der Waals surface area contributed by atoms with Gasteiger partial charge in [-0.25, -0.2) is 0 Å². The number of hydrogen-bond acceptors (Lipinski definition) is 3. The minimum atomic E-state index is -0.470. The average Bonchev–Trinajstić information content (AvgIpc) is 2.26. The second-order valence-corrected chi connectivity index (χ2v) is 3.92. The number of nitrogens with two attached hydrogens (primary N) is 1. The van der Waals surface area contributed by atoms with Gasteiger partial charge in [-0.2, -0.15) is 0 Å². The number of carbonyl (C=O) groups excluding carboxylic acids is 1. The Kier molecular flexibility index (Phi) is 4.26. The number of benzene rings is 1. The number of carbonyl (C=O) groups is 1. The molecule has 0 aliphatic carbocycles. The maximum atomic E-state index is 11.5. The summed E-state index contributed by atoms with van der Waals surface area (Å²) < 4.78 is 5.42. The van der Waals surface area contributed by atoms with Crippen LogP contribution in [0.3, 0.4) is 0 Å². The van der Waals surface area contributed by atoms with Crippen molar-refractivity contribution in [3.05, 3.63) is 42.0 Å². The quantitative estimate of drug-likeness (QED) is 0.610. The molecular weight excluding hydrogens is 202 g/mol. The van der Waals surface area contributed by atoms with Crippen molar-refractivity contribution in [2.45, 2.75) is 19.9 Å². The van der Waals surface area contributed by atoms with Crippen molar-refractivity contribution < 1.29 is 9.53 Å². The van der Waals surface area contributed by atoms with Gasteiger partial charge in [0, 0.05) is 5.56 Å². The zero-order valence-electron chi connectivity index (χ0n) is 9.69. The normalized spacial score (nSPS) is 11.9. The highest BCUT2D eigenvalue weighted by Gasteiger charge is 2.10. The summed E-state index contributed by atoms with van der Waals surface area (Å²) in [5.41, 5.74) is 7.08. The number of rotatable bonds is 5. The van der Waals surface area contributed by atoms with Crippen LogP contribution in [-0.2, 0) is 0 Å². The first-order valence-electron chi connectivity index (χ1n) is 5.17. The molecule has 0 aliphatic heterocycles. The smallest absolute Gasteiger partial charge is 0.179 e. The van der Waals surface area contributed by atoms with Crippen LogP contribution >= 0.6 is 0 Å². The van der Waals surface area contributed by atoms with E-state index < -0.39 is 6.04 Å². The average molecular weight is 219 g/mol. The minimum absolute atomic E-state index is 0.0635. The van der Waals surface area contributed by atoms with E-state index in [9.17, 15) is 4.79 Å². The van der Waals surface area contributed by atoms with Gasteiger partial charge in [0.05, 0.1) is 6.04 Å². The minimum Gasteiger partial charge on any atom is -0.489 e. The van der Waals surface area contributed by atoms with Gasteiger partial charge in [0.2, 0.25) is 0 Å². The Hall–Kier alpha value is -1.61. The molecule has 86 valence electrons. The van der Waals surface area contributed by atoms with Crippen LogP contribution < -0.4 is 10.5 Å². The third-order valence-corrected chi connectivity index (χ3v) is 2.04. The lowest BCUT2D eigenvalue weighted by Gasteiger charge is -2.07. The van der Waals surface area contributed by atoms with E-state index >= 15 is 0 Å². The van der Waals surface area contributed by atoms with Crippen LogP contribution in [0.25, 0.3) is 0 Å². The molecule has 3 heteroatoms. The first-order valence-corrected chi connectivity index (χ1v) is 5.17. The summed E-state index contributed by atoms with van der Waals surface area (Å²) >= 11 is 0. The third-order valence-electron chi connectivity index (χ3n) is 2.04. The predicted molar refractivity (Wildman–Crippen MR) is 64.7 cm³/mol. The Labute approximate surface area is 95.9 Å². The van der Waals surface area contributed by atoms with Crippen LogP contribution in [0.15, 0.2) is 36.4 Å². The van der Waals surface area contributed by atoms with Crippen molar-refractivity contribution in [1.29, 1.82) is 0 Å². The van der Waals surface area contributed by atoms with Gasteiger partial charge in [-0.3, -0.25) is 4.79 Å². The highest BCUT2D eigenvalue weighted by atomic mass is 16.5. The van der Waals surface area contributed by atoms with Crippen LogP contribution in [0.1, 0.15) is 24.2 Å². The lowest BCUT2D eigenvalue weighted by Crippen LogP contribution is -2.26. The van der Waals surface area contributed by atoms with Gasteiger partial charge in [0.25, 0.3) is 0 Å². The molecule has 1 aromatic rings. The molecule has 3 nitrogen and oxygen atoms in total. The summed E-state index contributed by atoms with van der Waals surface area (Å²) in [4.78, 5) is 11.5. The van der Waals surface area contributed by atoms with E-state index in [-0.39, 0.29) is 5.78 Å². The SMILES string of the molecule is C=C(C)COc1ccc(C(=O)C(C)N)cc1. The zero-order chi connectivity index (χ0) is 12.1. The second kappa shape index (κ2) is 5.47. The Morgan fingerprint density at radius 2 is 2.00 bits per heavy atom. The zero-order valence-corrected chi connectivity index (χ0v) is 9.69. The molecule has 0 amide bonds. The monoisotopic (exact) mass is 219 g/mol. The number of ketones is 1. The van der Waals surface area contributed by atoms with Crippen LogP contribution in [0.2, 0.25) is 0 Å². The summed E-state index contributed by atoms with van der Waals surface area (Å²) in [5.74, 6) is 0.663. The van der Waals surface area contributed by atoms with Gasteiger partial charge in [-0.05, 0) is 43.7 Å². The lowest BCUT2D eigenvalue weighted by molar-refractivity contribution is 0.0968. The molecule has 0 aliphatic rings. The summed E-state index contributed by atoms with van der Waals surface area (Å²) in [6, 6.07) is 6.50. The van der Waals surface area contributed by atoms with E-state index in [1.807, 2.05) is 6.92 Å². The van der Waals surface area contributed by atoms with Crippen molar-refractivity contribution >= 4 is 5.78 Å². The molecule has 1 unspecified atom stereocenters. The van der Waals surface area contributed by atoms with E-state index in [1.54, 1.807) is 31.2 Å². The Balaban J connectivity index is 2.68. The van der Waals surface area contributed by atoms with Crippen molar-refractivity contribution in [2.75, 3.05) is 6.61 Å². The molecule has 0 fully saturated rings. The highest BCUT2D eigenvalue weighted by Crippen LogP contribution is 2.13. The van der Waals surface area contributed by atoms with Crippen molar-refractivity contribution in [1.82, 2.24) is 0 Å². The molecule has 0 bridgehead atoms. The molecular formula is C13H17NO2. The second-order valence-electron chi connectivity index (χ2n) is 3.92. The van der Waals surface area contributed by atoms with Crippen LogP contribution in [0, 0.1) is 0 Å². The molecule has 2 N–H and O–H groups in total. The van der Waals surface area contributed by atoms with Crippen LogP contribution in [-0.4, -0.2) is 18.4 Å². The van der Waals surface area contributed by atoms with Gasteiger partial charge in [0.1, 0.15) is 12.4 Å².